The highest BCUT2D eigenvalue weighted by Crippen LogP contribution is 2.28. The Bertz CT molecular complexity index is 552. The third kappa shape index (κ3) is 3.71. The van der Waals surface area contributed by atoms with Crippen LogP contribution in [0.3, 0.4) is 0 Å². The van der Waals surface area contributed by atoms with E-state index in [4.69, 9.17) is 4.74 Å². The maximum Gasteiger partial charge on any atom is 0.124 e. The van der Waals surface area contributed by atoms with Gasteiger partial charge < -0.3 is 15.0 Å². The molecule has 0 aliphatic heterocycles. The molecule has 3 heteroatoms. The van der Waals surface area contributed by atoms with Gasteiger partial charge in [-0.05, 0) is 37.5 Å². The first-order valence-electron chi connectivity index (χ1n) is 7.21. The van der Waals surface area contributed by atoms with Gasteiger partial charge in [0.05, 0.1) is 0 Å². The SMILES string of the molecule is CCNCc1c(OCCN(C)C)ccc2ccccc12. The van der Waals surface area contributed by atoms with Crippen molar-refractivity contribution in [2.75, 3.05) is 33.8 Å². The third-order valence-corrected chi connectivity index (χ3v) is 3.35. The molecule has 108 valence electrons. The second-order valence-corrected chi connectivity index (χ2v) is 5.20. The van der Waals surface area contributed by atoms with E-state index in [1.165, 1.54) is 16.3 Å². The molecule has 0 bridgehead atoms. The lowest BCUT2D eigenvalue weighted by Gasteiger charge is -2.16. The van der Waals surface area contributed by atoms with Gasteiger partial charge in [0.15, 0.2) is 0 Å². The summed E-state index contributed by atoms with van der Waals surface area (Å²) in [6, 6.07) is 12.7. The molecule has 1 N–H and O–H groups in total. The van der Waals surface area contributed by atoms with Gasteiger partial charge in [0.1, 0.15) is 12.4 Å². The van der Waals surface area contributed by atoms with Crippen LogP contribution in [-0.2, 0) is 6.54 Å². The number of nitrogens with zero attached hydrogens (tertiary/aromatic N) is 1. The summed E-state index contributed by atoms with van der Waals surface area (Å²) >= 11 is 0. The van der Waals surface area contributed by atoms with Crippen LogP contribution in [0, 0.1) is 0 Å². The zero-order valence-corrected chi connectivity index (χ0v) is 12.6. The zero-order valence-electron chi connectivity index (χ0n) is 12.6. The molecular formula is C17H24N2O. The summed E-state index contributed by atoms with van der Waals surface area (Å²) in [5.41, 5.74) is 1.25. The van der Waals surface area contributed by atoms with Gasteiger partial charge in [0.2, 0.25) is 0 Å². The smallest absolute Gasteiger partial charge is 0.124 e. The van der Waals surface area contributed by atoms with Crippen LogP contribution in [0.4, 0.5) is 0 Å². The van der Waals surface area contributed by atoms with Crippen molar-refractivity contribution in [1.29, 1.82) is 0 Å². The minimum atomic E-state index is 0.713. The molecule has 2 aromatic rings. The highest BCUT2D eigenvalue weighted by atomic mass is 16.5. The van der Waals surface area contributed by atoms with Crippen LogP contribution in [0.1, 0.15) is 12.5 Å². The Morgan fingerprint density at radius 2 is 1.90 bits per heavy atom. The molecule has 0 aliphatic rings. The third-order valence-electron chi connectivity index (χ3n) is 3.35. The second kappa shape index (κ2) is 7.27. The molecule has 0 saturated carbocycles. The number of hydrogen-bond donors (Lipinski definition) is 1. The Morgan fingerprint density at radius 1 is 1.10 bits per heavy atom. The summed E-state index contributed by atoms with van der Waals surface area (Å²) in [5, 5.41) is 5.94. The van der Waals surface area contributed by atoms with Crippen molar-refractivity contribution in [3.05, 3.63) is 42.0 Å². The predicted octanol–water partition coefficient (Wildman–Crippen LogP) is 2.89. The van der Waals surface area contributed by atoms with Gasteiger partial charge in [0.25, 0.3) is 0 Å². The van der Waals surface area contributed by atoms with E-state index in [2.05, 4.69) is 67.6 Å². The number of ether oxygens (including phenoxy) is 1. The first-order chi connectivity index (χ1) is 9.72. The summed E-state index contributed by atoms with van der Waals surface area (Å²) in [4.78, 5) is 2.13. The van der Waals surface area contributed by atoms with Crippen molar-refractivity contribution in [2.24, 2.45) is 0 Å². The molecule has 0 spiro atoms. The average molecular weight is 272 g/mol. The second-order valence-electron chi connectivity index (χ2n) is 5.20. The number of nitrogens with one attached hydrogen (secondary N) is 1. The van der Waals surface area contributed by atoms with E-state index in [0.29, 0.717) is 6.61 Å². The molecule has 0 aliphatic carbocycles. The number of benzene rings is 2. The summed E-state index contributed by atoms with van der Waals surface area (Å²) in [6.07, 6.45) is 0. The van der Waals surface area contributed by atoms with Crippen LogP contribution in [0.5, 0.6) is 5.75 Å². The van der Waals surface area contributed by atoms with E-state index in [1.807, 2.05) is 0 Å². The molecule has 0 unspecified atom stereocenters. The molecule has 3 nitrogen and oxygen atoms in total. The first kappa shape index (κ1) is 14.8. The van der Waals surface area contributed by atoms with Crippen LogP contribution in [0.25, 0.3) is 10.8 Å². The van der Waals surface area contributed by atoms with Crippen molar-refractivity contribution in [3.8, 4) is 5.75 Å². The summed E-state index contributed by atoms with van der Waals surface area (Å²) in [5.74, 6) is 0.992. The fraction of sp³-hybridized carbons (Fsp3) is 0.412. The maximum atomic E-state index is 5.97. The summed E-state index contributed by atoms with van der Waals surface area (Å²) < 4.78 is 5.97. The Hall–Kier alpha value is -1.58. The lowest BCUT2D eigenvalue weighted by molar-refractivity contribution is 0.259. The Morgan fingerprint density at radius 3 is 2.65 bits per heavy atom. The van der Waals surface area contributed by atoms with Gasteiger partial charge in [-0.15, -0.1) is 0 Å². The van der Waals surface area contributed by atoms with Gasteiger partial charge in [-0.25, -0.2) is 0 Å². The molecule has 0 radical (unpaired) electrons. The quantitative estimate of drug-likeness (QED) is 0.839. The molecule has 20 heavy (non-hydrogen) atoms. The molecule has 2 rings (SSSR count). The van der Waals surface area contributed by atoms with Crippen LogP contribution in [0.2, 0.25) is 0 Å². The van der Waals surface area contributed by atoms with Crippen molar-refractivity contribution in [1.82, 2.24) is 10.2 Å². The fourth-order valence-electron chi connectivity index (χ4n) is 2.22. The standard InChI is InChI=1S/C17H24N2O/c1-4-18-13-16-15-8-6-5-7-14(15)9-10-17(16)20-12-11-19(2)3/h5-10,18H,4,11-13H2,1-3H3. The molecule has 0 saturated heterocycles. The predicted molar refractivity (Wildman–Crippen MR) is 85.4 cm³/mol. The normalized spacial score (nSPS) is 11.2. The minimum absolute atomic E-state index is 0.713. The Labute approximate surface area is 121 Å². The Balaban J connectivity index is 2.27. The highest BCUT2D eigenvalue weighted by Gasteiger charge is 2.08. The van der Waals surface area contributed by atoms with E-state index >= 15 is 0 Å². The van der Waals surface area contributed by atoms with Crippen LogP contribution >= 0.6 is 0 Å². The van der Waals surface area contributed by atoms with Gasteiger partial charge in [-0.3, -0.25) is 0 Å². The number of likely N-dealkylation sites (N-methyl/N-ethyl adjacent to an activating group) is 1. The van der Waals surface area contributed by atoms with Crippen LogP contribution in [-0.4, -0.2) is 38.7 Å². The molecule has 0 atom stereocenters. The van der Waals surface area contributed by atoms with Gasteiger partial charge >= 0.3 is 0 Å². The van der Waals surface area contributed by atoms with Crippen LogP contribution in [0.15, 0.2) is 36.4 Å². The molecule has 0 aromatic heterocycles. The minimum Gasteiger partial charge on any atom is -0.492 e. The topological polar surface area (TPSA) is 24.5 Å². The first-order valence-corrected chi connectivity index (χ1v) is 7.21. The van der Waals surface area contributed by atoms with Crippen molar-refractivity contribution < 1.29 is 4.74 Å². The van der Waals surface area contributed by atoms with Crippen molar-refractivity contribution in [2.45, 2.75) is 13.5 Å². The van der Waals surface area contributed by atoms with Gasteiger partial charge in [-0.1, -0.05) is 37.3 Å². The molecule has 0 amide bonds. The number of hydrogen-bond acceptors (Lipinski definition) is 3. The van der Waals surface area contributed by atoms with E-state index in [9.17, 15) is 0 Å². The van der Waals surface area contributed by atoms with Gasteiger partial charge in [0, 0.05) is 18.7 Å². The largest absolute Gasteiger partial charge is 0.492 e. The average Bonchev–Trinajstić information content (AvgIpc) is 2.45. The van der Waals surface area contributed by atoms with Gasteiger partial charge in [-0.2, -0.15) is 0 Å². The van der Waals surface area contributed by atoms with Crippen molar-refractivity contribution in [3.63, 3.8) is 0 Å². The maximum absolute atomic E-state index is 5.97. The van der Waals surface area contributed by atoms with E-state index < -0.39 is 0 Å². The fourth-order valence-corrected chi connectivity index (χ4v) is 2.22. The summed E-state index contributed by atoms with van der Waals surface area (Å²) in [6.45, 7) is 5.56. The van der Waals surface area contributed by atoms with E-state index in [-0.39, 0.29) is 0 Å². The summed E-state index contributed by atoms with van der Waals surface area (Å²) in [7, 11) is 4.12. The molecule has 0 fully saturated rings. The number of rotatable bonds is 7. The zero-order chi connectivity index (χ0) is 14.4. The van der Waals surface area contributed by atoms with Crippen molar-refractivity contribution >= 4 is 10.8 Å². The molecule has 0 heterocycles. The van der Waals surface area contributed by atoms with E-state index in [0.717, 1.165) is 25.4 Å². The van der Waals surface area contributed by atoms with Crippen LogP contribution < -0.4 is 10.1 Å². The Kier molecular flexibility index (Phi) is 5.39. The van der Waals surface area contributed by atoms with E-state index in [1.54, 1.807) is 0 Å². The molecular weight excluding hydrogens is 248 g/mol. The molecule has 2 aromatic carbocycles. The number of fused-ring (bicyclic) bond motifs is 1. The highest BCUT2D eigenvalue weighted by molar-refractivity contribution is 5.87. The lowest BCUT2D eigenvalue weighted by atomic mass is 10.0. The monoisotopic (exact) mass is 272 g/mol. The lowest BCUT2D eigenvalue weighted by Crippen LogP contribution is -2.20.